The summed E-state index contributed by atoms with van der Waals surface area (Å²) in [6.07, 6.45) is 11.4. The zero-order chi connectivity index (χ0) is 23.7. The molecule has 2 aromatic rings. The van der Waals surface area contributed by atoms with Crippen LogP contribution in [0.5, 0.6) is 11.5 Å². The van der Waals surface area contributed by atoms with Crippen LogP contribution in [0.15, 0.2) is 53.7 Å². The van der Waals surface area contributed by atoms with Crippen molar-refractivity contribution in [2.24, 2.45) is 5.16 Å². The molecular formula is C28H39NO4. The van der Waals surface area contributed by atoms with Gasteiger partial charge in [0.15, 0.2) is 0 Å². The summed E-state index contributed by atoms with van der Waals surface area (Å²) in [6, 6.07) is 12.8. The first-order valence-corrected chi connectivity index (χ1v) is 11.8. The predicted molar refractivity (Wildman–Crippen MR) is 135 cm³/mol. The van der Waals surface area contributed by atoms with E-state index in [9.17, 15) is 0 Å². The van der Waals surface area contributed by atoms with Gasteiger partial charge in [-0.15, -0.1) is 0 Å². The number of hydrogen-bond acceptors (Lipinski definition) is 5. The van der Waals surface area contributed by atoms with Crippen LogP contribution in [0, 0.1) is 13.8 Å². The summed E-state index contributed by atoms with van der Waals surface area (Å²) in [6.45, 7) is 8.55. The Labute approximate surface area is 199 Å². The van der Waals surface area contributed by atoms with Gasteiger partial charge in [-0.05, 0) is 74.4 Å². The zero-order valence-electron chi connectivity index (χ0n) is 20.6. The molecule has 5 nitrogen and oxygen atoms in total. The maximum absolute atomic E-state index is 6.08. The lowest BCUT2D eigenvalue weighted by Gasteiger charge is -2.14. The van der Waals surface area contributed by atoms with Crippen LogP contribution < -0.4 is 9.47 Å². The minimum absolute atomic E-state index is 0.453. The van der Waals surface area contributed by atoms with E-state index in [-0.39, 0.29) is 0 Å². The third-order valence-corrected chi connectivity index (χ3v) is 5.29. The summed E-state index contributed by atoms with van der Waals surface area (Å²) in [5.41, 5.74) is 4.80. The number of benzene rings is 2. The molecule has 0 aromatic heterocycles. The first-order valence-electron chi connectivity index (χ1n) is 11.8. The second-order valence-electron chi connectivity index (χ2n) is 8.08. The topological polar surface area (TPSA) is 49.3 Å². The van der Waals surface area contributed by atoms with Crippen molar-refractivity contribution in [2.75, 3.05) is 26.9 Å². The van der Waals surface area contributed by atoms with Crippen molar-refractivity contribution in [1.82, 2.24) is 0 Å². The summed E-state index contributed by atoms with van der Waals surface area (Å²) in [7, 11) is 1.52. The molecule has 0 radical (unpaired) electrons. The number of aryl methyl sites for hydroxylation is 3. The first kappa shape index (κ1) is 26.5. The molecule has 2 aromatic carbocycles. The van der Waals surface area contributed by atoms with Crippen LogP contribution >= 0.6 is 0 Å². The van der Waals surface area contributed by atoms with E-state index in [1.54, 1.807) is 6.21 Å². The molecule has 0 heterocycles. The molecule has 0 unspecified atom stereocenters. The Balaban J connectivity index is 1.60. The molecule has 0 aliphatic heterocycles. The molecule has 2 rings (SSSR count). The Kier molecular flexibility index (Phi) is 12.8. The number of nitrogens with zero attached hydrogens (tertiary/aromatic N) is 1. The second-order valence-corrected chi connectivity index (χ2v) is 8.08. The molecule has 0 aliphatic rings. The molecule has 0 spiro atoms. The van der Waals surface area contributed by atoms with Crippen molar-refractivity contribution in [3.8, 4) is 11.5 Å². The van der Waals surface area contributed by atoms with Crippen LogP contribution in [-0.4, -0.2) is 33.1 Å². The number of rotatable bonds is 16. The number of hydrogen-bond donors (Lipinski definition) is 0. The number of oxime groups is 1. The fourth-order valence-electron chi connectivity index (χ4n) is 3.56. The minimum atomic E-state index is 0.453. The standard InChI is InChI=1S/C28H39NO4/c1-5-6-17-32-27-20-23(2)28(24(3)21-27)33-18-10-8-7-9-11-25-12-14-26(15-13-25)22-31-19-16-29-30-4/h5-6,12-16,20-21H,7-11,17-19,22H2,1-4H3/b6-5+,29-16?. The SMILES string of the molecule is C/C=C/COc1cc(C)c(OCCCCCCc2ccc(COCC=NOC)cc2)c(C)c1. The lowest BCUT2D eigenvalue weighted by Crippen LogP contribution is -2.02. The van der Waals surface area contributed by atoms with E-state index in [0.29, 0.717) is 19.8 Å². The summed E-state index contributed by atoms with van der Waals surface area (Å²) >= 11 is 0. The van der Waals surface area contributed by atoms with Gasteiger partial charge in [-0.3, -0.25) is 0 Å². The van der Waals surface area contributed by atoms with E-state index in [4.69, 9.17) is 14.2 Å². The Morgan fingerprint density at radius 3 is 2.24 bits per heavy atom. The van der Waals surface area contributed by atoms with E-state index in [2.05, 4.69) is 60.2 Å². The predicted octanol–water partition coefficient (Wildman–Crippen LogP) is 6.59. The van der Waals surface area contributed by atoms with E-state index in [1.807, 2.05) is 19.1 Å². The van der Waals surface area contributed by atoms with Crippen LogP contribution in [0.25, 0.3) is 0 Å². The van der Waals surface area contributed by atoms with Crippen molar-refractivity contribution in [3.05, 3.63) is 70.8 Å². The fourth-order valence-corrected chi connectivity index (χ4v) is 3.56. The molecule has 5 heteroatoms. The first-order chi connectivity index (χ1) is 16.1. The Hall–Kier alpha value is -2.79. The van der Waals surface area contributed by atoms with Crippen LogP contribution in [0.1, 0.15) is 54.9 Å². The molecule has 0 saturated carbocycles. The van der Waals surface area contributed by atoms with Gasteiger partial charge in [-0.25, -0.2) is 0 Å². The molecule has 0 aliphatic carbocycles. The normalized spacial score (nSPS) is 11.4. The zero-order valence-corrected chi connectivity index (χ0v) is 20.6. The van der Waals surface area contributed by atoms with E-state index < -0.39 is 0 Å². The highest BCUT2D eigenvalue weighted by atomic mass is 16.6. The summed E-state index contributed by atoms with van der Waals surface area (Å²) in [5, 5.41) is 3.65. The van der Waals surface area contributed by atoms with Gasteiger partial charge >= 0.3 is 0 Å². The third-order valence-electron chi connectivity index (χ3n) is 5.29. The minimum Gasteiger partial charge on any atom is -0.493 e. The highest BCUT2D eigenvalue weighted by Crippen LogP contribution is 2.28. The maximum atomic E-state index is 6.08. The van der Waals surface area contributed by atoms with Crippen molar-refractivity contribution in [1.29, 1.82) is 0 Å². The smallest absolute Gasteiger partial charge is 0.125 e. The average Bonchev–Trinajstić information content (AvgIpc) is 2.81. The summed E-state index contributed by atoms with van der Waals surface area (Å²) in [5.74, 6) is 1.89. The van der Waals surface area contributed by atoms with E-state index >= 15 is 0 Å². The molecule has 0 saturated heterocycles. The van der Waals surface area contributed by atoms with Crippen LogP contribution in [0.4, 0.5) is 0 Å². The lowest BCUT2D eigenvalue weighted by molar-refractivity contribution is 0.154. The monoisotopic (exact) mass is 453 g/mol. The molecule has 33 heavy (non-hydrogen) atoms. The molecule has 180 valence electrons. The molecule has 0 fully saturated rings. The maximum Gasteiger partial charge on any atom is 0.125 e. The average molecular weight is 454 g/mol. The third kappa shape index (κ3) is 10.6. The molecule has 0 amide bonds. The highest BCUT2D eigenvalue weighted by Gasteiger charge is 2.07. The quantitative estimate of drug-likeness (QED) is 0.124. The lowest BCUT2D eigenvalue weighted by atomic mass is 10.0. The van der Waals surface area contributed by atoms with Gasteiger partial charge < -0.3 is 19.0 Å². The van der Waals surface area contributed by atoms with Crippen LogP contribution in [-0.2, 0) is 22.6 Å². The van der Waals surface area contributed by atoms with Gasteiger partial charge in [0.05, 0.1) is 26.0 Å². The van der Waals surface area contributed by atoms with Crippen LogP contribution in [0.3, 0.4) is 0 Å². The van der Waals surface area contributed by atoms with Crippen LogP contribution in [0.2, 0.25) is 0 Å². The van der Waals surface area contributed by atoms with Crippen molar-refractivity contribution < 1.29 is 19.0 Å². The Morgan fingerprint density at radius 1 is 0.848 bits per heavy atom. The fraction of sp³-hybridized carbons (Fsp3) is 0.464. The molecule has 0 N–H and O–H groups in total. The van der Waals surface area contributed by atoms with Crippen molar-refractivity contribution >= 4 is 6.21 Å². The van der Waals surface area contributed by atoms with Gasteiger partial charge in [0.2, 0.25) is 0 Å². The Bertz CT molecular complexity index is 836. The van der Waals surface area contributed by atoms with Crippen molar-refractivity contribution in [2.45, 2.75) is 59.5 Å². The summed E-state index contributed by atoms with van der Waals surface area (Å²) in [4.78, 5) is 4.60. The number of unbranched alkanes of at least 4 members (excludes halogenated alkanes) is 3. The van der Waals surface area contributed by atoms with E-state index in [1.165, 1.54) is 37.5 Å². The molecular weight excluding hydrogens is 414 g/mol. The second kappa shape index (κ2) is 15.9. The van der Waals surface area contributed by atoms with Gasteiger partial charge in [-0.1, -0.05) is 54.4 Å². The largest absolute Gasteiger partial charge is 0.493 e. The Morgan fingerprint density at radius 2 is 1.55 bits per heavy atom. The number of ether oxygens (including phenoxy) is 3. The highest BCUT2D eigenvalue weighted by molar-refractivity contribution is 5.57. The van der Waals surface area contributed by atoms with Crippen molar-refractivity contribution in [3.63, 3.8) is 0 Å². The van der Waals surface area contributed by atoms with Gasteiger partial charge in [0.1, 0.15) is 25.2 Å². The molecule has 0 atom stereocenters. The van der Waals surface area contributed by atoms with E-state index in [0.717, 1.165) is 42.1 Å². The van der Waals surface area contributed by atoms with Gasteiger partial charge in [0.25, 0.3) is 0 Å². The molecule has 0 bridgehead atoms. The van der Waals surface area contributed by atoms with Gasteiger partial charge in [-0.2, -0.15) is 0 Å². The summed E-state index contributed by atoms with van der Waals surface area (Å²) < 4.78 is 17.4. The van der Waals surface area contributed by atoms with Gasteiger partial charge in [0, 0.05) is 0 Å². The number of allylic oxidation sites excluding steroid dienone is 1.